The van der Waals surface area contributed by atoms with Gasteiger partial charge < -0.3 is 20.1 Å². The van der Waals surface area contributed by atoms with Crippen LogP contribution < -0.4 is 20.3 Å². The molecule has 2 aromatic carbocycles. The number of rotatable bonds is 8. The molecule has 2 aromatic heterocycles. The van der Waals surface area contributed by atoms with E-state index in [1.54, 1.807) is 30.5 Å². The fourth-order valence-electron chi connectivity index (χ4n) is 3.53. The molecule has 0 saturated carbocycles. The Hall–Kier alpha value is -3.86. The first-order chi connectivity index (χ1) is 15.8. The molecule has 2 heterocycles. The summed E-state index contributed by atoms with van der Waals surface area (Å²) >= 11 is 0. The van der Waals surface area contributed by atoms with E-state index in [1.807, 2.05) is 37.2 Å². The summed E-state index contributed by atoms with van der Waals surface area (Å²) in [5.41, 5.74) is 4.14. The van der Waals surface area contributed by atoms with Gasteiger partial charge in [-0.3, -0.25) is 4.72 Å². The summed E-state index contributed by atoms with van der Waals surface area (Å²) in [6, 6.07) is 14.8. The number of nitrogens with one attached hydrogen (secondary N) is 3. The van der Waals surface area contributed by atoms with Crippen molar-refractivity contribution >= 4 is 55.8 Å². The maximum atomic E-state index is 11.4. The van der Waals surface area contributed by atoms with E-state index in [4.69, 9.17) is 0 Å². The molecule has 0 aliphatic rings. The van der Waals surface area contributed by atoms with Crippen molar-refractivity contribution in [1.29, 1.82) is 0 Å². The molecule has 0 bridgehead atoms. The highest BCUT2D eigenvalue weighted by Crippen LogP contribution is 2.28. The molecule has 0 spiro atoms. The van der Waals surface area contributed by atoms with E-state index in [9.17, 15) is 8.42 Å². The highest BCUT2D eigenvalue weighted by Gasteiger charge is 2.12. The third-order valence-corrected chi connectivity index (χ3v) is 5.69. The topological polar surface area (TPSA) is 117 Å². The predicted octanol–water partition coefficient (Wildman–Crippen LogP) is 3.77. The summed E-state index contributed by atoms with van der Waals surface area (Å²) in [5.74, 6) is 1.97. The number of fused-ring (bicyclic) bond motifs is 1. The van der Waals surface area contributed by atoms with Gasteiger partial charge in [0.2, 0.25) is 21.9 Å². The van der Waals surface area contributed by atoms with Crippen molar-refractivity contribution in [2.75, 3.05) is 40.6 Å². The van der Waals surface area contributed by atoms with E-state index in [1.165, 1.54) is 0 Å². The number of anilines is 6. The van der Waals surface area contributed by atoms with Crippen molar-refractivity contribution < 1.29 is 8.42 Å². The van der Waals surface area contributed by atoms with Crippen LogP contribution in [0.15, 0.2) is 54.7 Å². The average Bonchev–Trinajstić information content (AvgIpc) is 3.16. The second-order valence-corrected chi connectivity index (χ2v) is 9.23. The number of hydrogen-bond donors (Lipinski definition) is 3. The van der Waals surface area contributed by atoms with Crippen molar-refractivity contribution in [3.8, 4) is 0 Å². The minimum Gasteiger partial charge on any atom is -0.359 e. The van der Waals surface area contributed by atoms with Gasteiger partial charge in [0, 0.05) is 43.9 Å². The van der Waals surface area contributed by atoms with Gasteiger partial charge in [-0.15, -0.1) is 0 Å². The molecule has 0 amide bonds. The van der Waals surface area contributed by atoms with Gasteiger partial charge in [-0.25, -0.2) is 18.4 Å². The molecule has 0 fully saturated rings. The van der Waals surface area contributed by atoms with E-state index in [-0.39, 0.29) is 0 Å². The molecule has 4 aromatic rings. The van der Waals surface area contributed by atoms with E-state index in [0.717, 1.165) is 41.2 Å². The molecule has 0 atom stereocenters. The normalized spacial score (nSPS) is 11.4. The van der Waals surface area contributed by atoms with Crippen LogP contribution in [0.25, 0.3) is 11.0 Å². The summed E-state index contributed by atoms with van der Waals surface area (Å²) in [7, 11) is 0.487. The number of hydrogen-bond acceptors (Lipinski definition) is 8. The Bertz CT molecular complexity index is 1380. The zero-order valence-electron chi connectivity index (χ0n) is 18.9. The van der Waals surface area contributed by atoms with Crippen LogP contribution in [0.4, 0.5) is 34.8 Å². The summed E-state index contributed by atoms with van der Waals surface area (Å²) in [5, 5.41) is 6.28. The van der Waals surface area contributed by atoms with Crippen molar-refractivity contribution in [3.63, 3.8) is 0 Å². The number of aromatic nitrogens is 4. The molecule has 0 aliphatic carbocycles. The zero-order valence-corrected chi connectivity index (χ0v) is 19.7. The molecule has 172 valence electrons. The summed E-state index contributed by atoms with van der Waals surface area (Å²) in [6.45, 7) is 2.92. The molecule has 11 heteroatoms. The Morgan fingerprint density at radius 2 is 1.76 bits per heavy atom. The molecular formula is C22H26N8O2S. The molecular weight excluding hydrogens is 440 g/mol. The largest absolute Gasteiger partial charge is 0.359 e. The third-order valence-electron chi connectivity index (χ3n) is 5.09. The molecule has 10 nitrogen and oxygen atoms in total. The molecule has 0 unspecified atom stereocenters. The summed E-state index contributed by atoms with van der Waals surface area (Å²) in [6.07, 6.45) is 2.80. The Labute approximate surface area is 192 Å². The lowest BCUT2D eigenvalue weighted by Gasteiger charge is -2.19. The number of benzene rings is 2. The lowest BCUT2D eigenvalue weighted by Crippen LogP contribution is -2.12. The first kappa shape index (κ1) is 22.3. The fourth-order valence-corrected chi connectivity index (χ4v) is 4.10. The standard InChI is InChI=1S/C22H26N8O2S/c1-5-30-19-11-10-17(14-18(19)26-22(30)23-2)29(3)20-12-13-24-21(27-20)25-15-6-8-16(9-7-15)28-33(4,31)32/h6-14,28H,5H2,1-4H3,(H,23,26)(H,24,25,27). The van der Waals surface area contributed by atoms with Crippen molar-refractivity contribution in [2.45, 2.75) is 13.5 Å². The SMILES string of the molecule is CCn1c(NC)nc2cc(N(C)c3ccnc(Nc4ccc(NS(C)(=O)=O)cc4)n3)ccc21. The van der Waals surface area contributed by atoms with Gasteiger partial charge in [0.15, 0.2) is 0 Å². The highest BCUT2D eigenvalue weighted by molar-refractivity contribution is 7.92. The number of nitrogens with zero attached hydrogens (tertiary/aromatic N) is 5. The maximum absolute atomic E-state index is 11.4. The average molecular weight is 467 g/mol. The lowest BCUT2D eigenvalue weighted by molar-refractivity contribution is 0.607. The van der Waals surface area contributed by atoms with Crippen molar-refractivity contribution in [1.82, 2.24) is 19.5 Å². The highest BCUT2D eigenvalue weighted by atomic mass is 32.2. The Morgan fingerprint density at radius 3 is 2.42 bits per heavy atom. The van der Waals surface area contributed by atoms with Crippen LogP contribution in [-0.2, 0) is 16.6 Å². The smallest absolute Gasteiger partial charge is 0.229 e. The van der Waals surface area contributed by atoms with Crippen LogP contribution in [0.2, 0.25) is 0 Å². The summed E-state index contributed by atoms with van der Waals surface area (Å²) in [4.78, 5) is 15.6. The first-order valence-electron chi connectivity index (χ1n) is 10.4. The van der Waals surface area contributed by atoms with Gasteiger partial charge >= 0.3 is 0 Å². The van der Waals surface area contributed by atoms with Crippen LogP contribution in [0, 0.1) is 0 Å². The van der Waals surface area contributed by atoms with Gasteiger partial charge in [0.1, 0.15) is 5.82 Å². The van der Waals surface area contributed by atoms with Crippen molar-refractivity contribution in [3.05, 3.63) is 54.7 Å². The van der Waals surface area contributed by atoms with Gasteiger partial charge in [-0.1, -0.05) is 0 Å². The van der Waals surface area contributed by atoms with Crippen molar-refractivity contribution in [2.24, 2.45) is 0 Å². The van der Waals surface area contributed by atoms with E-state index in [2.05, 4.69) is 47.9 Å². The minimum absolute atomic E-state index is 0.428. The Kier molecular flexibility index (Phi) is 6.05. The predicted molar refractivity (Wildman–Crippen MR) is 133 cm³/mol. The second-order valence-electron chi connectivity index (χ2n) is 7.48. The van der Waals surface area contributed by atoms with Crippen LogP contribution in [0.1, 0.15) is 6.92 Å². The maximum Gasteiger partial charge on any atom is 0.229 e. The van der Waals surface area contributed by atoms with Crippen LogP contribution in [0.5, 0.6) is 0 Å². The second kappa shape index (κ2) is 8.94. The van der Waals surface area contributed by atoms with Gasteiger partial charge in [0.05, 0.1) is 17.3 Å². The zero-order chi connectivity index (χ0) is 23.6. The lowest BCUT2D eigenvalue weighted by atomic mass is 10.2. The van der Waals surface area contributed by atoms with Gasteiger partial charge in [-0.05, 0) is 55.5 Å². The Balaban J connectivity index is 1.55. The first-order valence-corrected chi connectivity index (χ1v) is 12.3. The van der Waals surface area contributed by atoms with E-state index < -0.39 is 10.0 Å². The number of imidazole rings is 1. The van der Waals surface area contributed by atoms with Crippen LogP contribution in [-0.4, -0.2) is 48.3 Å². The van der Waals surface area contributed by atoms with Gasteiger partial charge in [0.25, 0.3) is 0 Å². The third kappa shape index (κ3) is 4.98. The minimum atomic E-state index is -3.32. The number of aryl methyl sites for hydroxylation is 1. The quantitative estimate of drug-likeness (QED) is 0.359. The molecule has 0 radical (unpaired) electrons. The molecule has 0 saturated heterocycles. The summed E-state index contributed by atoms with van der Waals surface area (Å²) < 4.78 is 27.3. The molecule has 33 heavy (non-hydrogen) atoms. The molecule has 3 N–H and O–H groups in total. The van der Waals surface area contributed by atoms with Gasteiger partial charge in [-0.2, -0.15) is 4.98 Å². The van der Waals surface area contributed by atoms with Crippen LogP contribution in [0.3, 0.4) is 0 Å². The Morgan fingerprint density at radius 1 is 1.03 bits per heavy atom. The van der Waals surface area contributed by atoms with E-state index >= 15 is 0 Å². The molecule has 0 aliphatic heterocycles. The monoisotopic (exact) mass is 466 g/mol. The molecule has 4 rings (SSSR count). The van der Waals surface area contributed by atoms with Crippen LogP contribution >= 0.6 is 0 Å². The number of sulfonamides is 1. The van der Waals surface area contributed by atoms with E-state index in [0.29, 0.717) is 17.5 Å². The fraction of sp³-hybridized carbons (Fsp3) is 0.227.